The van der Waals surface area contributed by atoms with Crippen LogP contribution in [0.2, 0.25) is 0 Å². The van der Waals surface area contributed by atoms with Crippen molar-refractivity contribution in [3.8, 4) is 0 Å². The van der Waals surface area contributed by atoms with Gasteiger partial charge in [0.25, 0.3) is 0 Å². The molecule has 0 aliphatic heterocycles. The Morgan fingerprint density at radius 3 is 2.33 bits per heavy atom. The van der Waals surface area contributed by atoms with Gasteiger partial charge in [-0.05, 0) is 31.2 Å². The van der Waals surface area contributed by atoms with Gasteiger partial charge in [0, 0.05) is 16.0 Å². The topological polar surface area (TPSA) is 107 Å². The van der Waals surface area contributed by atoms with Crippen molar-refractivity contribution >= 4 is 30.1 Å². The first-order valence-corrected chi connectivity index (χ1v) is 7.73. The molecule has 0 bridgehead atoms. The van der Waals surface area contributed by atoms with E-state index in [0.29, 0.717) is 22.3 Å². The summed E-state index contributed by atoms with van der Waals surface area (Å²) in [6.07, 6.45) is -0.306. The number of primary amides is 1. The lowest BCUT2D eigenvalue weighted by molar-refractivity contribution is 0.0696. The molecule has 0 spiro atoms. The van der Waals surface area contributed by atoms with Gasteiger partial charge >= 0.3 is 12.1 Å². The molecule has 0 saturated carbocycles. The van der Waals surface area contributed by atoms with Gasteiger partial charge in [0.05, 0.1) is 5.56 Å². The number of carbonyl (C=O) groups excluding carboxylic acids is 2. The zero-order valence-corrected chi connectivity index (χ0v) is 13.6. The second-order valence-electron chi connectivity index (χ2n) is 5.00. The molecule has 1 unspecified atom stereocenters. The van der Waals surface area contributed by atoms with Crippen molar-refractivity contribution in [2.45, 2.75) is 16.8 Å². The summed E-state index contributed by atoms with van der Waals surface area (Å²) in [7, 11) is 0. The number of aldehydes is 1. The standard InChI is InChI=1S/C17H15NO5S/c1-17(23-16(18)22,14-5-3-2-4-12(14)10-19)24-13-8-6-11(7-9-13)15(20)21/h2-10H,1H3,(H2,18,22)(H,20,21). The maximum atomic E-state index is 11.3. The molecular weight excluding hydrogens is 330 g/mol. The number of amides is 1. The Kier molecular flexibility index (Phi) is 5.25. The molecule has 2 aromatic rings. The van der Waals surface area contributed by atoms with Crippen molar-refractivity contribution in [2.75, 3.05) is 0 Å². The molecule has 0 aliphatic carbocycles. The first-order chi connectivity index (χ1) is 11.4. The van der Waals surface area contributed by atoms with Crippen LogP contribution in [0.3, 0.4) is 0 Å². The molecule has 24 heavy (non-hydrogen) atoms. The zero-order valence-electron chi connectivity index (χ0n) is 12.8. The van der Waals surface area contributed by atoms with E-state index in [-0.39, 0.29) is 5.56 Å². The number of carboxylic acid groups (broad SMARTS) is 1. The summed E-state index contributed by atoms with van der Waals surface area (Å²) in [6, 6.07) is 12.8. The summed E-state index contributed by atoms with van der Waals surface area (Å²) in [5.74, 6) is -1.03. The summed E-state index contributed by atoms with van der Waals surface area (Å²) in [4.78, 5) is 33.0. The molecule has 124 valence electrons. The van der Waals surface area contributed by atoms with E-state index in [1.165, 1.54) is 12.1 Å². The maximum Gasteiger partial charge on any atom is 0.406 e. The molecular formula is C17H15NO5S. The van der Waals surface area contributed by atoms with Crippen LogP contribution >= 0.6 is 11.8 Å². The summed E-state index contributed by atoms with van der Waals surface area (Å²) >= 11 is 1.15. The number of nitrogens with two attached hydrogens (primary N) is 1. The third-order valence-electron chi connectivity index (χ3n) is 3.29. The van der Waals surface area contributed by atoms with Crippen LogP contribution in [0.25, 0.3) is 0 Å². The molecule has 0 radical (unpaired) electrons. The van der Waals surface area contributed by atoms with Crippen molar-refractivity contribution in [1.29, 1.82) is 0 Å². The van der Waals surface area contributed by atoms with E-state index in [2.05, 4.69) is 0 Å². The van der Waals surface area contributed by atoms with E-state index < -0.39 is 17.0 Å². The number of ether oxygens (including phenoxy) is 1. The monoisotopic (exact) mass is 345 g/mol. The van der Waals surface area contributed by atoms with Crippen molar-refractivity contribution in [3.05, 3.63) is 65.2 Å². The number of thioether (sulfide) groups is 1. The fourth-order valence-corrected chi connectivity index (χ4v) is 3.37. The maximum absolute atomic E-state index is 11.3. The minimum absolute atomic E-state index is 0.144. The molecule has 1 amide bonds. The first-order valence-electron chi connectivity index (χ1n) is 6.91. The van der Waals surface area contributed by atoms with E-state index >= 15 is 0 Å². The second-order valence-corrected chi connectivity index (χ2v) is 6.46. The molecule has 0 aliphatic rings. The highest BCUT2D eigenvalue weighted by atomic mass is 32.2. The van der Waals surface area contributed by atoms with E-state index in [1.807, 2.05) is 0 Å². The van der Waals surface area contributed by atoms with Gasteiger partial charge in [-0.15, -0.1) is 0 Å². The van der Waals surface area contributed by atoms with Crippen LogP contribution in [0.15, 0.2) is 53.4 Å². The molecule has 6 nitrogen and oxygen atoms in total. The van der Waals surface area contributed by atoms with E-state index in [1.54, 1.807) is 43.3 Å². The molecule has 1 atom stereocenters. The van der Waals surface area contributed by atoms with Gasteiger partial charge in [-0.25, -0.2) is 9.59 Å². The quantitative estimate of drug-likeness (QED) is 0.473. The summed E-state index contributed by atoms with van der Waals surface area (Å²) < 4.78 is 5.27. The molecule has 0 aromatic heterocycles. The Balaban J connectivity index is 2.42. The number of rotatable bonds is 6. The minimum atomic E-state index is -1.24. The Bertz CT molecular complexity index is 775. The van der Waals surface area contributed by atoms with E-state index in [9.17, 15) is 14.4 Å². The van der Waals surface area contributed by atoms with Crippen molar-refractivity contribution in [1.82, 2.24) is 0 Å². The average Bonchev–Trinajstić information content (AvgIpc) is 2.54. The molecule has 3 N–H and O–H groups in total. The van der Waals surface area contributed by atoms with Crippen LogP contribution in [0.5, 0.6) is 0 Å². The molecule has 0 saturated heterocycles. The van der Waals surface area contributed by atoms with Crippen LogP contribution < -0.4 is 5.73 Å². The van der Waals surface area contributed by atoms with Gasteiger partial charge in [0.15, 0.2) is 11.2 Å². The number of benzene rings is 2. The van der Waals surface area contributed by atoms with Gasteiger partial charge in [0.2, 0.25) is 0 Å². The lowest BCUT2D eigenvalue weighted by atomic mass is 10.0. The van der Waals surface area contributed by atoms with E-state index in [4.69, 9.17) is 15.6 Å². The molecule has 2 aromatic carbocycles. The number of carboxylic acids is 1. The van der Waals surface area contributed by atoms with Gasteiger partial charge in [-0.1, -0.05) is 36.0 Å². The lowest BCUT2D eigenvalue weighted by Crippen LogP contribution is -2.30. The SMILES string of the molecule is CC(OC(N)=O)(Sc1ccc(C(=O)O)cc1)c1ccccc1C=O. The fraction of sp³-hybridized carbons (Fsp3) is 0.118. The molecule has 0 heterocycles. The van der Waals surface area contributed by atoms with Crippen LogP contribution in [-0.2, 0) is 9.67 Å². The van der Waals surface area contributed by atoms with Gasteiger partial charge in [0.1, 0.15) is 0 Å². The van der Waals surface area contributed by atoms with Gasteiger partial charge in [-0.3, -0.25) is 4.79 Å². The Morgan fingerprint density at radius 1 is 1.17 bits per heavy atom. The van der Waals surface area contributed by atoms with Gasteiger partial charge < -0.3 is 15.6 Å². The highest BCUT2D eigenvalue weighted by Gasteiger charge is 2.34. The normalized spacial score (nSPS) is 12.9. The largest absolute Gasteiger partial charge is 0.478 e. The molecule has 2 rings (SSSR count). The van der Waals surface area contributed by atoms with Crippen LogP contribution in [-0.4, -0.2) is 23.5 Å². The predicted octanol–water partition coefficient (Wildman–Crippen LogP) is 3.26. The Morgan fingerprint density at radius 2 is 1.79 bits per heavy atom. The summed E-state index contributed by atoms with van der Waals surface area (Å²) in [5, 5.41) is 8.94. The van der Waals surface area contributed by atoms with Crippen molar-refractivity contribution in [3.63, 3.8) is 0 Å². The summed E-state index contributed by atoms with van der Waals surface area (Å²) in [5.41, 5.74) is 6.19. The minimum Gasteiger partial charge on any atom is -0.478 e. The summed E-state index contributed by atoms with van der Waals surface area (Å²) in [6.45, 7) is 1.62. The Labute approximate surface area is 142 Å². The fourth-order valence-electron chi connectivity index (χ4n) is 2.23. The predicted molar refractivity (Wildman–Crippen MR) is 89.1 cm³/mol. The third-order valence-corrected chi connectivity index (χ3v) is 4.49. The van der Waals surface area contributed by atoms with Crippen molar-refractivity contribution < 1.29 is 24.2 Å². The average molecular weight is 345 g/mol. The smallest absolute Gasteiger partial charge is 0.406 e. The molecule has 7 heteroatoms. The Hall–Kier alpha value is -2.80. The van der Waals surface area contributed by atoms with Crippen LogP contribution in [0, 0.1) is 0 Å². The zero-order chi connectivity index (χ0) is 17.7. The number of carbonyl (C=O) groups is 3. The van der Waals surface area contributed by atoms with E-state index in [0.717, 1.165) is 11.8 Å². The van der Waals surface area contributed by atoms with Crippen molar-refractivity contribution in [2.24, 2.45) is 5.73 Å². The van der Waals surface area contributed by atoms with Gasteiger partial charge in [-0.2, -0.15) is 0 Å². The van der Waals surface area contributed by atoms with Crippen LogP contribution in [0.1, 0.15) is 33.2 Å². The highest BCUT2D eigenvalue weighted by molar-refractivity contribution is 8.00. The number of hydrogen-bond acceptors (Lipinski definition) is 5. The third kappa shape index (κ3) is 3.94. The van der Waals surface area contributed by atoms with Crippen LogP contribution in [0.4, 0.5) is 4.79 Å². The number of hydrogen-bond donors (Lipinski definition) is 2. The number of aromatic carboxylic acids is 1. The molecule has 0 fully saturated rings. The first kappa shape index (κ1) is 17.6. The lowest BCUT2D eigenvalue weighted by Gasteiger charge is -2.29. The second kappa shape index (κ2) is 7.18. The highest BCUT2D eigenvalue weighted by Crippen LogP contribution is 2.43.